The molecule has 30 heavy (non-hydrogen) atoms. The summed E-state index contributed by atoms with van der Waals surface area (Å²) >= 11 is 0. The van der Waals surface area contributed by atoms with Crippen molar-refractivity contribution < 1.29 is 24.1 Å². The predicted molar refractivity (Wildman–Crippen MR) is 103 cm³/mol. The Hall–Kier alpha value is -3.51. The number of aryl methyl sites for hydroxylation is 1. The lowest BCUT2D eigenvalue weighted by molar-refractivity contribution is 0.0689. The molecule has 0 aliphatic rings. The molecule has 11 nitrogen and oxygen atoms in total. The van der Waals surface area contributed by atoms with Crippen molar-refractivity contribution >= 4 is 5.97 Å². The van der Waals surface area contributed by atoms with Gasteiger partial charge in [-0.05, 0) is 32.0 Å². The molecule has 3 rings (SSSR count). The Balaban J connectivity index is 0.000000469. The summed E-state index contributed by atoms with van der Waals surface area (Å²) in [6.45, 7) is 3.64. The molecule has 160 valence electrons. The first-order valence-corrected chi connectivity index (χ1v) is 8.71. The van der Waals surface area contributed by atoms with Crippen LogP contribution >= 0.6 is 0 Å². The van der Waals surface area contributed by atoms with Gasteiger partial charge in [-0.3, -0.25) is 4.98 Å². The molecular formula is C18H22FN7O4. The van der Waals surface area contributed by atoms with Gasteiger partial charge in [0.15, 0.2) is 5.69 Å². The van der Waals surface area contributed by atoms with E-state index in [4.69, 9.17) is 20.7 Å². The maximum absolute atomic E-state index is 13.0. The normalized spacial score (nSPS) is 10.9. The number of nitrogens with two attached hydrogens (primary N) is 1. The van der Waals surface area contributed by atoms with E-state index in [1.807, 2.05) is 0 Å². The third kappa shape index (κ3) is 6.53. The van der Waals surface area contributed by atoms with Crippen molar-refractivity contribution in [1.29, 1.82) is 0 Å². The highest BCUT2D eigenvalue weighted by molar-refractivity contribution is 5.84. The molecule has 0 fully saturated rings. The van der Waals surface area contributed by atoms with Crippen molar-refractivity contribution in [2.75, 3.05) is 6.61 Å². The zero-order chi connectivity index (χ0) is 22.3. The number of hydrogen-bond donors (Lipinski definition) is 3. The molecule has 3 aromatic heterocycles. The van der Waals surface area contributed by atoms with Crippen LogP contribution in [0.15, 0.2) is 30.5 Å². The number of aliphatic hydroxyl groups is 1. The van der Waals surface area contributed by atoms with Crippen LogP contribution in [0.25, 0.3) is 11.4 Å². The number of aromatic carboxylic acids is 1. The number of halogens is 1. The standard InChI is InChI=1S/C14H11FN6O3.C4H11NO/c1-21-11(7-24-12-5-4-10(14(22)23)17-18-12)13(19-20-21)9-3-2-8(15)6-16-9;1-4(2,5)3-6/h2-6H,7H2,1H3,(H,22,23);6H,3,5H2,1-2H3. The van der Waals surface area contributed by atoms with Gasteiger partial charge in [-0.15, -0.1) is 15.3 Å². The third-order valence-corrected chi connectivity index (χ3v) is 3.54. The Labute approximate surface area is 171 Å². The fraction of sp³-hybridized carbons (Fsp3) is 0.333. The van der Waals surface area contributed by atoms with Crippen LogP contribution in [0.2, 0.25) is 0 Å². The molecule has 3 heterocycles. The van der Waals surface area contributed by atoms with E-state index in [9.17, 15) is 9.18 Å². The number of hydrogen-bond acceptors (Lipinski definition) is 9. The lowest BCUT2D eigenvalue weighted by atomic mass is 10.1. The number of carbonyl (C=O) groups is 1. The number of rotatable bonds is 6. The summed E-state index contributed by atoms with van der Waals surface area (Å²) in [7, 11) is 1.68. The average Bonchev–Trinajstić information content (AvgIpc) is 3.07. The van der Waals surface area contributed by atoms with Crippen LogP contribution in [0.3, 0.4) is 0 Å². The molecule has 0 spiro atoms. The second-order valence-corrected chi connectivity index (χ2v) is 6.87. The first kappa shape index (κ1) is 22.8. The Kier molecular flexibility index (Phi) is 7.44. The van der Waals surface area contributed by atoms with E-state index < -0.39 is 17.3 Å². The Bertz CT molecular complexity index is 970. The quantitative estimate of drug-likeness (QED) is 0.521. The van der Waals surface area contributed by atoms with Gasteiger partial charge in [0.05, 0.1) is 18.5 Å². The van der Waals surface area contributed by atoms with E-state index in [2.05, 4.69) is 25.5 Å². The molecule has 0 amide bonds. The monoisotopic (exact) mass is 419 g/mol. The number of pyridine rings is 1. The van der Waals surface area contributed by atoms with Crippen molar-refractivity contribution in [3.05, 3.63) is 47.7 Å². The van der Waals surface area contributed by atoms with Gasteiger partial charge in [0.25, 0.3) is 0 Å². The number of aliphatic hydroxyl groups excluding tert-OH is 1. The number of ether oxygens (including phenoxy) is 1. The van der Waals surface area contributed by atoms with Crippen LogP contribution in [-0.4, -0.2) is 58.5 Å². The van der Waals surface area contributed by atoms with E-state index in [-0.39, 0.29) is 24.8 Å². The first-order valence-electron chi connectivity index (χ1n) is 8.71. The molecule has 0 unspecified atom stereocenters. The molecule has 0 aromatic carbocycles. The molecule has 0 saturated carbocycles. The largest absolute Gasteiger partial charge is 0.476 e. The minimum Gasteiger partial charge on any atom is -0.476 e. The van der Waals surface area contributed by atoms with Crippen molar-refractivity contribution in [3.8, 4) is 17.3 Å². The number of aromatic nitrogens is 6. The highest BCUT2D eigenvalue weighted by Crippen LogP contribution is 2.20. The first-order chi connectivity index (χ1) is 14.1. The van der Waals surface area contributed by atoms with Crippen molar-refractivity contribution in [2.45, 2.75) is 26.0 Å². The summed E-state index contributed by atoms with van der Waals surface area (Å²) in [6.07, 6.45) is 1.09. The summed E-state index contributed by atoms with van der Waals surface area (Å²) in [5.74, 6) is -1.47. The van der Waals surface area contributed by atoms with Crippen molar-refractivity contribution in [2.24, 2.45) is 12.8 Å². The average molecular weight is 419 g/mol. The molecule has 0 saturated heterocycles. The third-order valence-electron chi connectivity index (χ3n) is 3.54. The van der Waals surface area contributed by atoms with Crippen LogP contribution < -0.4 is 10.5 Å². The minimum absolute atomic E-state index is 0.0486. The number of carboxylic acid groups (broad SMARTS) is 1. The van der Waals surface area contributed by atoms with E-state index in [1.165, 1.54) is 28.9 Å². The molecule has 0 aliphatic carbocycles. The zero-order valence-electron chi connectivity index (χ0n) is 16.7. The van der Waals surface area contributed by atoms with E-state index in [0.29, 0.717) is 17.1 Å². The van der Waals surface area contributed by atoms with Crippen LogP contribution in [0.4, 0.5) is 4.39 Å². The topological polar surface area (TPSA) is 162 Å². The SMILES string of the molecule is CC(C)(N)CO.Cn1nnc(-c2ccc(F)cn2)c1COc1ccc(C(=O)O)nn1. The Morgan fingerprint density at radius 2 is 1.93 bits per heavy atom. The fourth-order valence-corrected chi connectivity index (χ4v) is 1.91. The highest BCUT2D eigenvalue weighted by atomic mass is 19.1. The van der Waals surface area contributed by atoms with Crippen LogP contribution in [0.1, 0.15) is 30.0 Å². The van der Waals surface area contributed by atoms with Crippen molar-refractivity contribution in [1.82, 2.24) is 30.2 Å². The number of nitrogens with zero attached hydrogens (tertiary/aromatic N) is 6. The van der Waals surface area contributed by atoms with Gasteiger partial charge in [-0.1, -0.05) is 5.21 Å². The van der Waals surface area contributed by atoms with Gasteiger partial charge >= 0.3 is 5.97 Å². The van der Waals surface area contributed by atoms with E-state index in [0.717, 1.165) is 6.20 Å². The Morgan fingerprint density at radius 1 is 1.23 bits per heavy atom. The van der Waals surface area contributed by atoms with Gasteiger partial charge in [0.2, 0.25) is 5.88 Å². The molecule has 0 bridgehead atoms. The van der Waals surface area contributed by atoms with Crippen molar-refractivity contribution in [3.63, 3.8) is 0 Å². The lowest BCUT2D eigenvalue weighted by Crippen LogP contribution is -2.35. The molecule has 12 heteroatoms. The highest BCUT2D eigenvalue weighted by Gasteiger charge is 2.15. The fourth-order valence-electron chi connectivity index (χ4n) is 1.91. The maximum Gasteiger partial charge on any atom is 0.356 e. The predicted octanol–water partition coefficient (Wildman–Crippen LogP) is 0.799. The smallest absolute Gasteiger partial charge is 0.356 e. The molecular weight excluding hydrogens is 397 g/mol. The lowest BCUT2D eigenvalue weighted by Gasteiger charge is -2.12. The van der Waals surface area contributed by atoms with Gasteiger partial charge in [-0.25, -0.2) is 13.9 Å². The molecule has 0 radical (unpaired) electrons. The second-order valence-electron chi connectivity index (χ2n) is 6.87. The van der Waals surface area contributed by atoms with E-state index in [1.54, 1.807) is 20.9 Å². The van der Waals surface area contributed by atoms with Crippen LogP contribution in [0.5, 0.6) is 5.88 Å². The maximum atomic E-state index is 13.0. The molecule has 3 aromatic rings. The second kappa shape index (κ2) is 9.80. The van der Waals surface area contributed by atoms with Gasteiger partial charge < -0.3 is 20.7 Å². The van der Waals surface area contributed by atoms with Crippen LogP contribution in [-0.2, 0) is 13.7 Å². The van der Waals surface area contributed by atoms with Gasteiger partial charge in [-0.2, -0.15) is 0 Å². The molecule has 0 aliphatic heterocycles. The minimum atomic E-state index is -1.17. The summed E-state index contributed by atoms with van der Waals surface area (Å²) in [6, 6.07) is 5.45. The van der Waals surface area contributed by atoms with Crippen LogP contribution in [0, 0.1) is 5.82 Å². The summed E-state index contributed by atoms with van der Waals surface area (Å²) < 4.78 is 20.0. The molecule has 4 N–H and O–H groups in total. The zero-order valence-corrected chi connectivity index (χ0v) is 16.7. The van der Waals surface area contributed by atoms with E-state index >= 15 is 0 Å². The molecule has 0 atom stereocenters. The van der Waals surface area contributed by atoms with Gasteiger partial charge in [0.1, 0.15) is 23.8 Å². The van der Waals surface area contributed by atoms with Gasteiger partial charge in [0, 0.05) is 18.7 Å². The summed E-state index contributed by atoms with van der Waals surface area (Å²) in [5, 5.41) is 32.2. The summed E-state index contributed by atoms with van der Waals surface area (Å²) in [5.41, 5.74) is 6.20. The number of carboxylic acids is 1. The Morgan fingerprint density at radius 3 is 2.43 bits per heavy atom. The summed E-state index contributed by atoms with van der Waals surface area (Å²) in [4.78, 5) is 14.7.